The van der Waals surface area contributed by atoms with Crippen molar-refractivity contribution in [1.82, 2.24) is 5.32 Å². The zero-order chi connectivity index (χ0) is 9.61. The summed E-state index contributed by atoms with van der Waals surface area (Å²) in [6.07, 6.45) is 0.907. The van der Waals surface area contributed by atoms with E-state index >= 15 is 0 Å². The lowest BCUT2D eigenvalue weighted by atomic mass is 10.4. The molecule has 0 unspecified atom stereocenters. The lowest BCUT2D eigenvalue weighted by Gasteiger charge is -2.16. The third-order valence-electron chi connectivity index (χ3n) is 1.23. The van der Waals surface area contributed by atoms with Gasteiger partial charge in [0.25, 0.3) is 0 Å². The third-order valence-corrected chi connectivity index (χ3v) is 2.30. The van der Waals surface area contributed by atoms with Crippen LogP contribution >= 0.6 is 0 Å². The van der Waals surface area contributed by atoms with E-state index in [4.69, 9.17) is 4.43 Å². The van der Waals surface area contributed by atoms with Gasteiger partial charge in [-0.25, -0.2) is 0 Å². The van der Waals surface area contributed by atoms with Crippen LogP contribution in [0.15, 0.2) is 0 Å². The molecule has 0 aromatic heterocycles. The minimum Gasteiger partial charge on any atom is -0.418 e. The van der Waals surface area contributed by atoms with Crippen molar-refractivity contribution in [3.8, 4) is 0 Å². The molecule has 0 spiro atoms. The van der Waals surface area contributed by atoms with E-state index in [1.165, 1.54) is 6.92 Å². The van der Waals surface area contributed by atoms with Crippen LogP contribution in [0.1, 0.15) is 13.3 Å². The van der Waals surface area contributed by atoms with Crippen molar-refractivity contribution in [2.45, 2.75) is 33.0 Å². The number of amides is 1. The van der Waals surface area contributed by atoms with E-state index in [9.17, 15) is 4.79 Å². The highest BCUT2D eigenvalue weighted by molar-refractivity contribution is 6.69. The Bertz CT molecular complexity index is 142. The first kappa shape index (κ1) is 11.6. The first-order valence-electron chi connectivity index (χ1n) is 4.30. The van der Waals surface area contributed by atoms with Gasteiger partial charge < -0.3 is 9.74 Å². The van der Waals surface area contributed by atoms with Crippen LogP contribution in [0, 0.1) is 0 Å². The van der Waals surface area contributed by atoms with Crippen molar-refractivity contribution in [2.75, 3.05) is 13.2 Å². The molecule has 0 fully saturated rings. The van der Waals surface area contributed by atoms with E-state index in [0.717, 1.165) is 19.6 Å². The van der Waals surface area contributed by atoms with E-state index in [-0.39, 0.29) is 5.91 Å². The number of nitrogens with one attached hydrogen (secondary N) is 1. The van der Waals surface area contributed by atoms with Crippen molar-refractivity contribution in [2.24, 2.45) is 0 Å². The van der Waals surface area contributed by atoms with Gasteiger partial charge in [0.15, 0.2) is 8.32 Å². The van der Waals surface area contributed by atoms with Crippen molar-refractivity contribution >= 4 is 14.2 Å². The SMILES string of the molecule is CC(=O)NCCCO[Si](C)(C)C. The monoisotopic (exact) mass is 189 g/mol. The normalized spacial score (nSPS) is 11.3. The molecule has 0 heterocycles. The molecule has 4 heteroatoms. The summed E-state index contributed by atoms with van der Waals surface area (Å²) in [5, 5.41) is 2.73. The molecule has 1 N–H and O–H groups in total. The third kappa shape index (κ3) is 9.65. The predicted octanol–water partition coefficient (Wildman–Crippen LogP) is 1.36. The van der Waals surface area contributed by atoms with Gasteiger partial charge in [-0.15, -0.1) is 0 Å². The predicted molar refractivity (Wildman–Crippen MR) is 52.6 cm³/mol. The summed E-state index contributed by atoms with van der Waals surface area (Å²) in [6, 6.07) is 0. The Morgan fingerprint density at radius 1 is 1.42 bits per heavy atom. The van der Waals surface area contributed by atoms with E-state index in [1.807, 2.05) is 0 Å². The highest BCUT2D eigenvalue weighted by Crippen LogP contribution is 2.02. The lowest BCUT2D eigenvalue weighted by Crippen LogP contribution is -2.28. The molecule has 0 aliphatic carbocycles. The Balaban J connectivity index is 3.17. The van der Waals surface area contributed by atoms with Crippen LogP contribution in [-0.4, -0.2) is 27.4 Å². The zero-order valence-corrected chi connectivity index (χ0v) is 9.44. The van der Waals surface area contributed by atoms with Crippen LogP contribution in [0.4, 0.5) is 0 Å². The fraction of sp³-hybridized carbons (Fsp3) is 0.875. The second-order valence-electron chi connectivity index (χ2n) is 3.80. The van der Waals surface area contributed by atoms with Crippen LogP contribution in [0.25, 0.3) is 0 Å². The summed E-state index contributed by atoms with van der Waals surface area (Å²) in [5.41, 5.74) is 0. The van der Waals surface area contributed by atoms with Crippen LogP contribution in [-0.2, 0) is 9.22 Å². The van der Waals surface area contributed by atoms with Crippen molar-refractivity contribution < 1.29 is 9.22 Å². The molecule has 0 aliphatic rings. The van der Waals surface area contributed by atoms with Gasteiger partial charge in [0.1, 0.15) is 0 Å². The minimum absolute atomic E-state index is 0.0306. The maximum atomic E-state index is 10.5. The average Bonchev–Trinajstić information content (AvgIpc) is 1.83. The van der Waals surface area contributed by atoms with Gasteiger partial charge in [0.2, 0.25) is 5.91 Å². The summed E-state index contributed by atoms with van der Waals surface area (Å²) in [6.45, 7) is 9.48. The van der Waals surface area contributed by atoms with Gasteiger partial charge in [0.05, 0.1) is 0 Å². The van der Waals surface area contributed by atoms with Gasteiger partial charge in [-0.3, -0.25) is 4.79 Å². The number of rotatable bonds is 5. The average molecular weight is 189 g/mol. The maximum absolute atomic E-state index is 10.5. The van der Waals surface area contributed by atoms with E-state index in [2.05, 4.69) is 25.0 Å². The van der Waals surface area contributed by atoms with Gasteiger partial charge in [-0.2, -0.15) is 0 Å². The van der Waals surface area contributed by atoms with E-state index < -0.39 is 8.32 Å². The van der Waals surface area contributed by atoms with Gasteiger partial charge in [-0.1, -0.05) is 0 Å². The quantitative estimate of drug-likeness (QED) is 0.524. The summed E-state index contributed by atoms with van der Waals surface area (Å²) in [7, 11) is -1.35. The summed E-state index contributed by atoms with van der Waals surface area (Å²) < 4.78 is 5.60. The smallest absolute Gasteiger partial charge is 0.216 e. The highest BCUT2D eigenvalue weighted by Gasteiger charge is 2.12. The topological polar surface area (TPSA) is 38.3 Å². The molecule has 0 aromatic carbocycles. The second-order valence-corrected chi connectivity index (χ2v) is 8.31. The molecule has 1 amide bonds. The van der Waals surface area contributed by atoms with E-state index in [0.29, 0.717) is 0 Å². The molecule has 0 aliphatic heterocycles. The van der Waals surface area contributed by atoms with Crippen LogP contribution in [0.3, 0.4) is 0 Å². The molecule has 0 saturated carbocycles. The van der Waals surface area contributed by atoms with Gasteiger partial charge >= 0.3 is 0 Å². The molecular weight excluding hydrogens is 170 g/mol. The molecule has 12 heavy (non-hydrogen) atoms. The fourth-order valence-corrected chi connectivity index (χ4v) is 1.47. The van der Waals surface area contributed by atoms with Crippen LogP contribution in [0.5, 0.6) is 0 Å². The van der Waals surface area contributed by atoms with Crippen molar-refractivity contribution in [1.29, 1.82) is 0 Å². The highest BCUT2D eigenvalue weighted by atomic mass is 28.4. The zero-order valence-electron chi connectivity index (χ0n) is 8.44. The lowest BCUT2D eigenvalue weighted by molar-refractivity contribution is -0.118. The number of carbonyl (C=O) groups excluding carboxylic acids is 1. The molecule has 72 valence electrons. The molecule has 0 atom stereocenters. The van der Waals surface area contributed by atoms with E-state index in [1.54, 1.807) is 0 Å². The first-order chi connectivity index (χ1) is 5.42. The Morgan fingerprint density at radius 2 is 2.00 bits per heavy atom. The number of carbonyl (C=O) groups is 1. The fourth-order valence-electron chi connectivity index (χ4n) is 0.715. The molecular formula is C8H19NO2Si. The Hall–Kier alpha value is -0.353. The van der Waals surface area contributed by atoms with Crippen LogP contribution in [0.2, 0.25) is 19.6 Å². The largest absolute Gasteiger partial charge is 0.418 e. The summed E-state index contributed by atoms with van der Waals surface area (Å²) >= 11 is 0. The van der Waals surface area contributed by atoms with Gasteiger partial charge in [-0.05, 0) is 26.1 Å². The molecule has 3 nitrogen and oxygen atoms in total. The molecule has 0 rings (SSSR count). The number of hydrogen-bond donors (Lipinski definition) is 1. The molecule has 0 aromatic rings. The summed E-state index contributed by atoms with van der Waals surface area (Å²) in [5.74, 6) is 0.0306. The summed E-state index contributed by atoms with van der Waals surface area (Å²) in [4.78, 5) is 10.5. The Kier molecular flexibility index (Phi) is 5.16. The van der Waals surface area contributed by atoms with Crippen molar-refractivity contribution in [3.05, 3.63) is 0 Å². The second kappa shape index (κ2) is 5.32. The first-order valence-corrected chi connectivity index (χ1v) is 7.71. The number of hydrogen-bond acceptors (Lipinski definition) is 2. The standard InChI is InChI=1S/C8H19NO2Si/c1-8(10)9-6-5-7-11-12(2,3)4/h5-7H2,1-4H3,(H,9,10). The maximum Gasteiger partial charge on any atom is 0.216 e. The van der Waals surface area contributed by atoms with Crippen LogP contribution < -0.4 is 5.32 Å². The Morgan fingerprint density at radius 3 is 2.42 bits per heavy atom. The molecule has 0 radical (unpaired) electrons. The minimum atomic E-state index is -1.35. The molecule has 0 saturated heterocycles. The molecule has 0 bridgehead atoms. The van der Waals surface area contributed by atoms with Crippen molar-refractivity contribution in [3.63, 3.8) is 0 Å². The van der Waals surface area contributed by atoms with Gasteiger partial charge in [0, 0.05) is 20.1 Å². The Labute approximate surface area is 75.6 Å².